The molecule has 1 heteroatoms. The average molecular weight is 222 g/mol. The van der Waals surface area contributed by atoms with Gasteiger partial charge in [0, 0.05) is 0 Å². The molecule has 0 aliphatic heterocycles. The molecule has 0 saturated heterocycles. The van der Waals surface area contributed by atoms with Gasteiger partial charge in [0.25, 0.3) is 0 Å². The number of aryl methyl sites for hydroxylation is 1. The van der Waals surface area contributed by atoms with Crippen molar-refractivity contribution in [2.24, 2.45) is 5.92 Å². The first-order valence-electron chi connectivity index (χ1n) is 6.32. The molecule has 90 valence electrons. The Balaban J connectivity index is 2.39. The van der Waals surface area contributed by atoms with Gasteiger partial charge in [-0.15, -0.1) is 0 Å². The van der Waals surface area contributed by atoms with Gasteiger partial charge in [-0.1, -0.05) is 51.0 Å². The zero-order chi connectivity index (χ0) is 12.0. The first kappa shape index (κ1) is 13.2. The monoisotopic (exact) mass is 222 g/mol. The molecule has 1 aromatic carbocycles. The lowest BCUT2D eigenvalue weighted by Crippen LogP contribution is -1.92. The van der Waals surface area contributed by atoms with Gasteiger partial charge in [0.2, 0.25) is 0 Å². The fraction of sp³-hybridized carbons (Fsp3) is 0.600. The summed E-state index contributed by atoms with van der Waals surface area (Å²) < 4.78 is 13.1. The summed E-state index contributed by atoms with van der Waals surface area (Å²) in [4.78, 5) is 0. The lowest BCUT2D eigenvalue weighted by Gasteiger charge is -2.07. The molecule has 0 aromatic heterocycles. The number of rotatable bonds is 6. The summed E-state index contributed by atoms with van der Waals surface area (Å²) >= 11 is 0. The molecule has 0 spiro atoms. The van der Waals surface area contributed by atoms with Crippen LogP contribution in [0.1, 0.15) is 57.3 Å². The van der Waals surface area contributed by atoms with Crippen molar-refractivity contribution in [2.45, 2.75) is 52.6 Å². The zero-order valence-corrected chi connectivity index (χ0v) is 10.7. The second-order valence-electron chi connectivity index (χ2n) is 5.00. The Morgan fingerprint density at radius 2 is 1.88 bits per heavy atom. The molecule has 0 bridgehead atoms. The lowest BCUT2D eigenvalue weighted by atomic mass is 10.0. The second kappa shape index (κ2) is 6.67. The van der Waals surface area contributed by atoms with Gasteiger partial charge in [-0.3, -0.25) is 0 Å². The third-order valence-electron chi connectivity index (χ3n) is 2.91. The standard InChI is InChI=1S/C15H23F/c1-12(2)7-4-5-8-14-9-6-10-15(11-14)13(3)16/h6,9-13H,4-5,7-8H2,1-3H3. The van der Waals surface area contributed by atoms with Crippen molar-refractivity contribution in [3.05, 3.63) is 35.4 Å². The molecule has 0 heterocycles. The van der Waals surface area contributed by atoms with Crippen molar-refractivity contribution in [2.75, 3.05) is 0 Å². The lowest BCUT2D eigenvalue weighted by molar-refractivity contribution is 0.374. The maximum absolute atomic E-state index is 13.1. The van der Waals surface area contributed by atoms with Gasteiger partial charge < -0.3 is 0 Å². The number of halogens is 1. The Labute approximate surface area is 98.9 Å². The number of benzene rings is 1. The predicted molar refractivity (Wildman–Crippen MR) is 68.4 cm³/mol. The van der Waals surface area contributed by atoms with Crippen LogP contribution in [-0.2, 0) is 6.42 Å². The Morgan fingerprint density at radius 3 is 2.50 bits per heavy atom. The number of alkyl halides is 1. The van der Waals surface area contributed by atoms with Gasteiger partial charge in [0.05, 0.1) is 0 Å². The molecule has 0 aliphatic carbocycles. The van der Waals surface area contributed by atoms with Crippen LogP contribution in [-0.4, -0.2) is 0 Å². The molecular formula is C15H23F. The van der Waals surface area contributed by atoms with E-state index in [1.54, 1.807) is 6.92 Å². The highest BCUT2D eigenvalue weighted by molar-refractivity contribution is 5.24. The van der Waals surface area contributed by atoms with Gasteiger partial charge in [0.15, 0.2) is 0 Å². The number of hydrogen-bond donors (Lipinski definition) is 0. The maximum Gasteiger partial charge on any atom is 0.122 e. The minimum absolute atomic E-state index is 0.789. The minimum atomic E-state index is -0.851. The molecule has 1 unspecified atom stereocenters. The fourth-order valence-corrected chi connectivity index (χ4v) is 1.88. The predicted octanol–water partition coefficient (Wildman–Crippen LogP) is 5.09. The van der Waals surface area contributed by atoms with Gasteiger partial charge in [0.1, 0.15) is 6.17 Å². The Bertz CT molecular complexity index is 302. The first-order chi connectivity index (χ1) is 7.59. The van der Waals surface area contributed by atoms with Crippen molar-refractivity contribution in [3.63, 3.8) is 0 Å². The molecule has 0 aliphatic rings. The Kier molecular flexibility index (Phi) is 5.51. The van der Waals surface area contributed by atoms with E-state index in [9.17, 15) is 4.39 Å². The Hall–Kier alpha value is -0.850. The largest absolute Gasteiger partial charge is 0.243 e. The normalized spacial score (nSPS) is 13.1. The molecule has 0 N–H and O–H groups in total. The van der Waals surface area contributed by atoms with Crippen LogP contribution in [0, 0.1) is 5.92 Å². The molecular weight excluding hydrogens is 199 g/mol. The van der Waals surface area contributed by atoms with Crippen molar-refractivity contribution < 1.29 is 4.39 Å². The van der Waals surface area contributed by atoms with Crippen LogP contribution in [0.4, 0.5) is 4.39 Å². The zero-order valence-electron chi connectivity index (χ0n) is 10.7. The van der Waals surface area contributed by atoms with Gasteiger partial charge in [-0.05, 0) is 36.8 Å². The van der Waals surface area contributed by atoms with E-state index in [0.29, 0.717) is 0 Å². The van der Waals surface area contributed by atoms with E-state index in [4.69, 9.17) is 0 Å². The second-order valence-corrected chi connectivity index (χ2v) is 5.00. The first-order valence-corrected chi connectivity index (χ1v) is 6.32. The third-order valence-corrected chi connectivity index (χ3v) is 2.91. The molecule has 16 heavy (non-hydrogen) atoms. The molecule has 0 nitrogen and oxygen atoms in total. The quantitative estimate of drug-likeness (QED) is 0.588. The summed E-state index contributed by atoms with van der Waals surface area (Å²) in [6.07, 6.45) is 4.00. The molecule has 0 saturated carbocycles. The van der Waals surface area contributed by atoms with Crippen LogP contribution >= 0.6 is 0 Å². The van der Waals surface area contributed by atoms with E-state index >= 15 is 0 Å². The van der Waals surface area contributed by atoms with Crippen LogP contribution in [0.3, 0.4) is 0 Å². The molecule has 0 amide bonds. The van der Waals surface area contributed by atoms with E-state index in [1.807, 2.05) is 18.2 Å². The molecule has 0 fully saturated rings. The minimum Gasteiger partial charge on any atom is -0.243 e. The van der Waals surface area contributed by atoms with Crippen LogP contribution in [0.25, 0.3) is 0 Å². The number of hydrogen-bond acceptors (Lipinski definition) is 0. The van der Waals surface area contributed by atoms with Gasteiger partial charge in [-0.25, -0.2) is 4.39 Å². The van der Waals surface area contributed by atoms with Crippen LogP contribution < -0.4 is 0 Å². The van der Waals surface area contributed by atoms with E-state index in [-0.39, 0.29) is 0 Å². The van der Waals surface area contributed by atoms with Crippen molar-refractivity contribution in [3.8, 4) is 0 Å². The average Bonchev–Trinajstić information content (AvgIpc) is 2.24. The molecule has 0 radical (unpaired) electrons. The van der Waals surface area contributed by atoms with Crippen LogP contribution in [0.2, 0.25) is 0 Å². The summed E-state index contributed by atoms with van der Waals surface area (Å²) in [5.74, 6) is 0.789. The maximum atomic E-state index is 13.1. The van der Waals surface area contributed by atoms with Crippen molar-refractivity contribution in [1.29, 1.82) is 0 Å². The summed E-state index contributed by atoms with van der Waals surface area (Å²) in [6, 6.07) is 7.92. The smallest absolute Gasteiger partial charge is 0.122 e. The third kappa shape index (κ3) is 4.78. The SMILES string of the molecule is CC(C)CCCCc1cccc(C(C)F)c1. The highest BCUT2D eigenvalue weighted by Crippen LogP contribution is 2.19. The molecule has 1 rings (SSSR count). The van der Waals surface area contributed by atoms with E-state index in [2.05, 4.69) is 19.9 Å². The highest BCUT2D eigenvalue weighted by Gasteiger charge is 2.03. The van der Waals surface area contributed by atoms with Crippen LogP contribution in [0.15, 0.2) is 24.3 Å². The van der Waals surface area contributed by atoms with E-state index in [0.717, 1.165) is 17.9 Å². The topological polar surface area (TPSA) is 0 Å². The highest BCUT2D eigenvalue weighted by atomic mass is 19.1. The fourth-order valence-electron chi connectivity index (χ4n) is 1.88. The Morgan fingerprint density at radius 1 is 1.12 bits per heavy atom. The summed E-state index contributed by atoms with van der Waals surface area (Å²) in [5.41, 5.74) is 2.08. The molecule has 1 aromatic rings. The number of unbranched alkanes of at least 4 members (excludes halogenated alkanes) is 1. The van der Waals surface area contributed by atoms with E-state index in [1.165, 1.54) is 24.8 Å². The van der Waals surface area contributed by atoms with Crippen molar-refractivity contribution in [1.82, 2.24) is 0 Å². The summed E-state index contributed by atoms with van der Waals surface area (Å²) in [7, 11) is 0. The molecule has 1 atom stereocenters. The van der Waals surface area contributed by atoms with Crippen LogP contribution in [0.5, 0.6) is 0 Å². The van der Waals surface area contributed by atoms with E-state index < -0.39 is 6.17 Å². The van der Waals surface area contributed by atoms with Gasteiger partial charge in [-0.2, -0.15) is 0 Å². The van der Waals surface area contributed by atoms with Gasteiger partial charge >= 0.3 is 0 Å². The van der Waals surface area contributed by atoms with Crippen molar-refractivity contribution >= 4 is 0 Å². The summed E-state index contributed by atoms with van der Waals surface area (Å²) in [5, 5.41) is 0. The summed E-state index contributed by atoms with van der Waals surface area (Å²) in [6.45, 7) is 6.11.